The van der Waals surface area contributed by atoms with Crippen LogP contribution in [0.5, 0.6) is 0 Å². The lowest BCUT2D eigenvalue weighted by Crippen LogP contribution is -2.22. The molecule has 0 radical (unpaired) electrons. The molecule has 1 amide bonds. The van der Waals surface area contributed by atoms with Crippen LogP contribution in [0.15, 0.2) is 22.5 Å². The van der Waals surface area contributed by atoms with Gasteiger partial charge < -0.3 is 11.1 Å². The number of aryl methyl sites for hydroxylation is 1. The summed E-state index contributed by atoms with van der Waals surface area (Å²) in [6.07, 6.45) is 0. The molecule has 3 N–H and O–H groups in total. The van der Waals surface area contributed by atoms with Crippen LogP contribution in [0.4, 0.5) is 15.8 Å². The average molecular weight is 312 g/mol. The zero-order valence-electron chi connectivity index (χ0n) is 10.9. The normalized spacial score (nSPS) is 12.2. The van der Waals surface area contributed by atoms with Gasteiger partial charge in [0.1, 0.15) is 10.8 Å². The molecule has 2 aromatic rings. The number of anilines is 2. The fraction of sp³-hybridized carbons (Fsp3) is 0.250. The Kier molecular flexibility index (Phi) is 4.56. The molecule has 0 bridgehead atoms. The van der Waals surface area contributed by atoms with Gasteiger partial charge in [0.05, 0.1) is 16.6 Å². The predicted molar refractivity (Wildman–Crippen MR) is 79.4 cm³/mol. The zero-order valence-corrected chi connectivity index (χ0v) is 12.5. The van der Waals surface area contributed by atoms with Gasteiger partial charge >= 0.3 is 0 Å². The van der Waals surface area contributed by atoms with Gasteiger partial charge in [-0.3, -0.25) is 4.79 Å². The first-order chi connectivity index (χ1) is 9.45. The van der Waals surface area contributed by atoms with Gasteiger partial charge in [0.25, 0.3) is 0 Å². The second kappa shape index (κ2) is 6.19. The van der Waals surface area contributed by atoms with Crippen molar-refractivity contribution in [2.75, 3.05) is 11.1 Å². The van der Waals surface area contributed by atoms with Crippen molar-refractivity contribution in [2.45, 2.75) is 23.4 Å². The number of halogens is 1. The van der Waals surface area contributed by atoms with E-state index in [2.05, 4.69) is 15.5 Å². The van der Waals surface area contributed by atoms with Crippen molar-refractivity contribution in [3.63, 3.8) is 0 Å². The van der Waals surface area contributed by atoms with Crippen LogP contribution in [0.2, 0.25) is 0 Å². The Morgan fingerprint density at radius 3 is 2.85 bits per heavy atom. The molecule has 1 aromatic carbocycles. The number of nitrogens with one attached hydrogen (secondary N) is 1. The number of hydrogen-bond donors (Lipinski definition) is 2. The van der Waals surface area contributed by atoms with Crippen molar-refractivity contribution in [3.8, 4) is 0 Å². The third-order valence-corrected chi connectivity index (χ3v) is 4.45. The quantitative estimate of drug-likeness (QED) is 0.670. The van der Waals surface area contributed by atoms with E-state index in [4.69, 9.17) is 5.73 Å². The second-order valence-electron chi connectivity index (χ2n) is 4.07. The predicted octanol–water partition coefficient (Wildman–Crippen LogP) is 2.69. The summed E-state index contributed by atoms with van der Waals surface area (Å²) < 4.78 is 13.7. The molecular formula is C12H13FN4OS2. The highest BCUT2D eigenvalue weighted by molar-refractivity contribution is 8.02. The van der Waals surface area contributed by atoms with Crippen molar-refractivity contribution >= 4 is 40.4 Å². The van der Waals surface area contributed by atoms with E-state index in [-0.39, 0.29) is 16.8 Å². The zero-order chi connectivity index (χ0) is 14.7. The van der Waals surface area contributed by atoms with Crippen molar-refractivity contribution in [1.82, 2.24) is 10.2 Å². The topological polar surface area (TPSA) is 80.9 Å². The molecule has 0 saturated heterocycles. The Bertz CT molecular complexity index is 632. The van der Waals surface area contributed by atoms with Gasteiger partial charge in [-0.1, -0.05) is 23.1 Å². The Morgan fingerprint density at radius 1 is 1.50 bits per heavy atom. The van der Waals surface area contributed by atoms with E-state index in [1.54, 1.807) is 6.92 Å². The molecule has 0 saturated carbocycles. The summed E-state index contributed by atoms with van der Waals surface area (Å²) in [6.45, 7) is 3.61. The molecule has 20 heavy (non-hydrogen) atoms. The molecule has 2 rings (SSSR count). The fourth-order valence-corrected chi connectivity index (χ4v) is 3.37. The van der Waals surface area contributed by atoms with Crippen molar-refractivity contribution < 1.29 is 9.18 Å². The van der Waals surface area contributed by atoms with Gasteiger partial charge in [0.2, 0.25) is 5.91 Å². The molecule has 0 aliphatic rings. The summed E-state index contributed by atoms with van der Waals surface area (Å²) in [5.41, 5.74) is 6.24. The lowest BCUT2D eigenvalue weighted by Gasteiger charge is -2.12. The minimum atomic E-state index is -0.438. The van der Waals surface area contributed by atoms with E-state index in [9.17, 15) is 9.18 Å². The molecule has 106 valence electrons. The lowest BCUT2D eigenvalue weighted by molar-refractivity contribution is -0.115. The number of hydrogen-bond acceptors (Lipinski definition) is 6. The van der Waals surface area contributed by atoms with Gasteiger partial charge in [0, 0.05) is 0 Å². The number of nitrogen functional groups attached to an aromatic ring is 1. The summed E-state index contributed by atoms with van der Waals surface area (Å²) in [4.78, 5) is 12.0. The van der Waals surface area contributed by atoms with Crippen molar-refractivity contribution in [3.05, 3.63) is 29.0 Å². The molecular weight excluding hydrogens is 299 g/mol. The molecule has 1 unspecified atom stereocenters. The van der Waals surface area contributed by atoms with Crippen molar-refractivity contribution in [2.24, 2.45) is 0 Å². The Labute approximate surface area is 123 Å². The van der Waals surface area contributed by atoms with Gasteiger partial charge in [-0.2, -0.15) is 0 Å². The average Bonchev–Trinajstić information content (AvgIpc) is 2.78. The third kappa shape index (κ3) is 3.67. The van der Waals surface area contributed by atoms with Crippen LogP contribution in [-0.4, -0.2) is 21.4 Å². The third-order valence-electron chi connectivity index (χ3n) is 2.43. The monoisotopic (exact) mass is 312 g/mol. The highest BCUT2D eigenvalue weighted by Gasteiger charge is 2.17. The lowest BCUT2D eigenvalue weighted by atomic mass is 10.2. The van der Waals surface area contributed by atoms with Crippen LogP contribution in [0.1, 0.15) is 11.9 Å². The van der Waals surface area contributed by atoms with Gasteiger partial charge in [-0.25, -0.2) is 4.39 Å². The smallest absolute Gasteiger partial charge is 0.237 e. The Morgan fingerprint density at radius 2 is 2.25 bits per heavy atom. The van der Waals surface area contributed by atoms with Crippen LogP contribution in [-0.2, 0) is 4.79 Å². The minimum absolute atomic E-state index is 0.197. The number of nitrogens with two attached hydrogens (primary N) is 1. The maximum Gasteiger partial charge on any atom is 0.237 e. The molecule has 8 heteroatoms. The summed E-state index contributed by atoms with van der Waals surface area (Å²) in [7, 11) is 0. The molecule has 1 aromatic heterocycles. The van der Waals surface area contributed by atoms with E-state index in [1.165, 1.54) is 41.3 Å². The number of aromatic nitrogens is 2. The van der Waals surface area contributed by atoms with Crippen molar-refractivity contribution in [1.29, 1.82) is 0 Å². The second-order valence-corrected chi connectivity index (χ2v) is 6.84. The molecule has 1 heterocycles. The Balaban J connectivity index is 2.00. The molecule has 0 aliphatic carbocycles. The number of benzene rings is 1. The molecule has 0 fully saturated rings. The summed E-state index contributed by atoms with van der Waals surface area (Å²) in [6, 6.07) is 3.86. The largest absolute Gasteiger partial charge is 0.397 e. The Hall–Kier alpha value is -1.67. The fourth-order valence-electron chi connectivity index (χ4n) is 1.41. The molecule has 0 spiro atoms. The van der Waals surface area contributed by atoms with E-state index in [0.29, 0.717) is 5.69 Å². The maximum absolute atomic E-state index is 12.9. The van der Waals surface area contributed by atoms with Gasteiger partial charge in [-0.15, -0.1) is 10.2 Å². The standard InChI is InChI=1S/C12H13FN4OS2/c1-6(19-12-17-16-7(2)20-12)11(18)15-10-4-3-8(13)5-9(10)14/h3-6H,14H2,1-2H3,(H,15,18). The van der Waals surface area contributed by atoms with E-state index in [1.807, 2.05) is 6.92 Å². The van der Waals surface area contributed by atoms with E-state index in [0.717, 1.165) is 9.35 Å². The van der Waals surface area contributed by atoms with Crippen LogP contribution in [0, 0.1) is 12.7 Å². The number of nitrogens with zero attached hydrogens (tertiary/aromatic N) is 2. The van der Waals surface area contributed by atoms with Crippen LogP contribution in [0.25, 0.3) is 0 Å². The van der Waals surface area contributed by atoms with Crippen LogP contribution in [0.3, 0.4) is 0 Å². The van der Waals surface area contributed by atoms with E-state index >= 15 is 0 Å². The van der Waals surface area contributed by atoms with Crippen LogP contribution < -0.4 is 11.1 Å². The number of thioether (sulfide) groups is 1. The highest BCUT2D eigenvalue weighted by Crippen LogP contribution is 2.27. The first-order valence-electron chi connectivity index (χ1n) is 5.78. The first-order valence-corrected chi connectivity index (χ1v) is 7.48. The maximum atomic E-state index is 12.9. The molecule has 0 aliphatic heterocycles. The first kappa shape index (κ1) is 14.7. The summed E-state index contributed by atoms with van der Waals surface area (Å²) in [5, 5.41) is 11.0. The molecule has 1 atom stereocenters. The number of amides is 1. The summed E-state index contributed by atoms with van der Waals surface area (Å²) >= 11 is 2.75. The number of carbonyl (C=O) groups is 1. The SMILES string of the molecule is Cc1nnc(SC(C)C(=O)Nc2ccc(F)cc2N)s1. The van der Waals surface area contributed by atoms with Crippen LogP contribution >= 0.6 is 23.1 Å². The van der Waals surface area contributed by atoms with Gasteiger partial charge in [-0.05, 0) is 32.0 Å². The number of carbonyl (C=O) groups excluding carboxylic acids is 1. The number of rotatable bonds is 4. The minimum Gasteiger partial charge on any atom is -0.397 e. The summed E-state index contributed by atoms with van der Waals surface area (Å²) in [5.74, 6) is -0.659. The van der Waals surface area contributed by atoms with Gasteiger partial charge in [0.15, 0.2) is 4.34 Å². The van der Waals surface area contributed by atoms with E-state index < -0.39 is 5.82 Å². The highest BCUT2D eigenvalue weighted by atomic mass is 32.2. The molecule has 5 nitrogen and oxygen atoms in total.